The lowest BCUT2D eigenvalue weighted by atomic mass is 9.95. The fourth-order valence-electron chi connectivity index (χ4n) is 3.04. The number of hydrogen-bond acceptors (Lipinski definition) is 4. The number of amides is 2. The molecule has 6 heteroatoms. The van der Waals surface area contributed by atoms with Crippen LogP contribution in [0.1, 0.15) is 34.3 Å². The molecule has 0 bridgehead atoms. The van der Waals surface area contributed by atoms with Gasteiger partial charge in [0, 0.05) is 37.0 Å². The number of hydrogen-bond donors (Lipinski definition) is 1. The highest BCUT2D eigenvalue weighted by Gasteiger charge is 2.28. The summed E-state index contributed by atoms with van der Waals surface area (Å²) in [5.74, 6) is -0.179. The van der Waals surface area contributed by atoms with Crippen molar-refractivity contribution in [2.24, 2.45) is 11.0 Å². The number of carbonyl (C=O) groups is 2. The maximum atomic E-state index is 12.6. The first-order valence-electron chi connectivity index (χ1n) is 8.73. The maximum absolute atomic E-state index is 12.6. The smallest absolute Gasteiger partial charge is 0.254 e. The molecule has 1 aliphatic heterocycles. The third-order valence-corrected chi connectivity index (χ3v) is 4.62. The third kappa shape index (κ3) is 4.33. The van der Waals surface area contributed by atoms with E-state index in [2.05, 4.69) is 15.5 Å². The Morgan fingerprint density at radius 1 is 1.15 bits per heavy atom. The van der Waals surface area contributed by atoms with Crippen LogP contribution in [-0.2, 0) is 4.79 Å². The normalized spacial score (nSPS) is 15.2. The van der Waals surface area contributed by atoms with Crippen molar-refractivity contribution in [3.05, 3.63) is 65.5 Å². The van der Waals surface area contributed by atoms with Crippen molar-refractivity contribution in [1.29, 1.82) is 0 Å². The molecule has 0 spiro atoms. The average Bonchev–Trinajstić information content (AvgIpc) is 2.69. The van der Waals surface area contributed by atoms with E-state index >= 15 is 0 Å². The zero-order chi connectivity index (χ0) is 18.4. The van der Waals surface area contributed by atoms with E-state index in [0.29, 0.717) is 25.9 Å². The summed E-state index contributed by atoms with van der Waals surface area (Å²) in [6, 6.07) is 11.2. The molecule has 134 valence electrons. The van der Waals surface area contributed by atoms with Gasteiger partial charge in [-0.15, -0.1) is 0 Å². The zero-order valence-corrected chi connectivity index (χ0v) is 14.8. The molecule has 0 atom stereocenters. The summed E-state index contributed by atoms with van der Waals surface area (Å²) < 4.78 is 0. The Morgan fingerprint density at radius 3 is 2.54 bits per heavy atom. The number of rotatable bonds is 4. The highest BCUT2D eigenvalue weighted by molar-refractivity contribution is 5.95. The number of likely N-dealkylation sites (tertiary alicyclic amines) is 1. The minimum atomic E-state index is -0.120. The van der Waals surface area contributed by atoms with Crippen molar-refractivity contribution in [2.75, 3.05) is 13.1 Å². The molecule has 0 radical (unpaired) electrons. The number of benzene rings is 1. The van der Waals surface area contributed by atoms with Crippen molar-refractivity contribution in [3.8, 4) is 0 Å². The van der Waals surface area contributed by atoms with Gasteiger partial charge in [0.2, 0.25) is 5.91 Å². The van der Waals surface area contributed by atoms with Gasteiger partial charge in [0.25, 0.3) is 5.91 Å². The van der Waals surface area contributed by atoms with E-state index in [1.165, 1.54) is 0 Å². The van der Waals surface area contributed by atoms with Gasteiger partial charge in [0.1, 0.15) is 0 Å². The number of pyridine rings is 1. The predicted molar refractivity (Wildman–Crippen MR) is 99.8 cm³/mol. The number of carbonyl (C=O) groups excluding carboxylic acids is 2. The molecule has 2 heterocycles. The summed E-state index contributed by atoms with van der Waals surface area (Å²) in [7, 11) is 0. The van der Waals surface area contributed by atoms with E-state index in [4.69, 9.17) is 0 Å². The lowest BCUT2D eigenvalue weighted by Gasteiger charge is -2.31. The second-order valence-electron chi connectivity index (χ2n) is 6.40. The molecule has 1 aromatic carbocycles. The van der Waals surface area contributed by atoms with Gasteiger partial charge in [0.05, 0.1) is 6.21 Å². The Balaban J connectivity index is 1.50. The van der Waals surface area contributed by atoms with Gasteiger partial charge >= 0.3 is 0 Å². The predicted octanol–water partition coefficient (Wildman–Crippen LogP) is 2.39. The highest BCUT2D eigenvalue weighted by Crippen LogP contribution is 2.20. The molecular formula is C20H22N4O2. The van der Waals surface area contributed by atoms with Crippen LogP contribution in [0.15, 0.2) is 53.9 Å². The largest absolute Gasteiger partial charge is 0.339 e. The van der Waals surface area contributed by atoms with E-state index < -0.39 is 0 Å². The van der Waals surface area contributed by atoms with Gasteiger partial charge in [0.15, 0.2) is 0 Å². The van der Waals surface area contributed by atoms with Crippen LogP contribution in [0.5, 0.6) is 0 Å². The molecule has 3 rings (SSSR count). The molecule has 0 unspecified atom stereocenters. The summed E-state index contributed by atoms with van der Waals surface area (Å²) in [5.41, 5.74) is 5.17. The van der Waals surface area contributed by atoms with Gasteiger partial charge in [-0.05, 0) is 49.1 Å². The number of aromatic nitrogens is 1. The second kappa shape index (κ2) is 8.38. The van der Waals surface area contributed by atoms with Gasteiger partial charge < -0.3 is 4.90 Å². The molecule has 0 saturated carbocycles. The molecule has 2 amide bonds. The third-order valence-electron chi connectivity index (χ3n) is 4.62. The fraction of sp³-hybridized carbons (Fsp3) is 0.300. The van der Waals surface area contributed by atoms with Gasteiger partial charge in [-0.2, -0.15) is 5.10 Å². The Bertz CT molecular complexity index is 796. The first-order valence-corrected chi connectivity index (χ1v) is 8.73. The van der Waals surface area contributed by atoms with Crippen LogP contribution in [-0.4, -0.2) is 41.0 Å². The lowest BCUT2D eigenvalue weighted by molar-refractivity contribution is -0.126. The summed E-state index contributed by atoms with van der Waals surface area (Å²) in [6.07, 6.45) is 6.23. The van der Waals surface area contributed by atoms with E-state index in [-0.39, 0.29) is 17.7 Å². The van der Waals surface area contributed by atoms with Crippen LogP contribution in [0, 0.1) is 12.8 Å². The topological polar surface area (TPSA) is 74.7 Å². The molecule has 1 saturated heterocycles. The van der Waals surface area contributed by atoms with Crippen LogP contribution < -0.4 is 5.43 Å². The Morgan fingerprint density at radius 2 is 1.85 bits per heavy atom. The first-order chi connectivity index (χ1) is 12.6. The van der Waals surface area contributed by atoms with Gasteiger partial charge in [-0.3, -0.25) is 14.6 Å². The van der Waals surface area contributed by atoms with Gasteiger partial charge in [-0.25, -0.2) is 5.43 Å². The lowest BCUT2D eigenvalue weighted by Crippen LogP contribution is -2.42. The van der Waals surface area contributed by atoms with Crippen LogP contribution >= 0.6 is 0 Å². The monoisotopic (exact) mass is 350 g/mol. The van der Waals surface area contributed by atoms with Crippen molar-refractivity contribution in [2.45, 2.75) is 19.8 Å². The van der Waals surface area contributed by atoms with Crippen molar-refractivity contribution >= 4 is 18.0 Å². The number of piperidine rings is 1. The molecule has 1 fully saturated rings. The second-order valence-corrected chi connectivity index (χ2v) is 6.40. The van der Waals surface area contributed by atoms with Crippen LogP contribution in [0.25, 0.3) is 0 Å². The number of nitrogens with one attached hydrogen (secondary N) is 1. The Hall–Kier alpha value is -3.02. The van der Waals surface area contributed by atoms with Crippen molar-refractivity contribution in [3.63, 3.8) is 0 Å². The van der Waals surface area contributed by atoms with E-state index in [0.717, 1.165) is 16.7 Å². The summed E-state index contributed by atoms with van der Waals surface area (Å²) >= 11 is 0. The summed E-state index contributed by atoms with van der Waals surface area (Å²) in [4.78, 5) is 30.6. The van der Waals surface area contributed by atoms with Crippen LogP contribution in [0.3, 0.4) is 0 Å². The molecule has 0 aliphatic carbocycles. The standard InChI is InChI=1S/C20H22N4O2/c1-15-4-2-3-5-18(15)20(26)24-12-8-17(9-13-24)19(25)23-22-14-16-6-10-21-11-7-16/h2-7,10-11,14,17H,8-9,12-13H2,1H3,(H,23,25)/b22-14+. The molecule has 6 nitrogen and oxygen atoms in total. The SMILES string of the molecule is Cc1ccccc1C(=O)N1CCC(C(=O)N/N=C/c2ccncc2)CC1. The quantitative estimate of drug-likeness (QED) is 0.680. The molecule has 2 aromatic rings. The minimum absolute atomic E-state index is 0.0395. The Kier molecular flexibility index (Phi) is 5.73. The molecule has 26 heavy (non-hydrogen) atoms. The summed E-state index contributed by atoms with van der Waals surface area (Å²) in [5, 5.41) is 4.00. The van der Waals surface area contributed by atoms with Crippen molar-refractivity contribution < 1.29 is 9.59 Å². The maximum Gasteiger partial charge on any atom is 0.254 e. The number of hydrazone groups is 1. The summed E-state index contributed by atoms with van der Waals surface area (Å²) in [6.45, 7) is 3.10. The molecule has 1 aromatic heterocycles. The minimum Gasteiger partial charge on any atom is -0.339 e. The van der Waals surface area contributed by atoms with E-state index in [1.807, 2.05) is 48.2 Å². The van der Waals surface area contributed by atoms with Crippen LogP contribution in [0.4, 0.5) is 0 Å². The van der Waals surface area contributed by atoms with E-state index in [1.54, 1.807) is 18.6 Å². The average molecular weight is 350 g/mol. The zero-order valence-electron chi connectivity index (χ0n) is 14.8. The first kappa shape index (κ1) is 17.8. The fourth-order valence-corrected chi connectivity index (χ4v) is 3.04. The van der Waals surface area contributed by atoms with Crippen LogP contribution in [0.2, 0.25) is 0 Å². The van der Waals surface area contributed by atoms with Gasteiger partial charge in [-0.1, -0.05) is 18.2 Å². The highest BCUT2D eigenvalue weighted by atomic mass is 16.2. The van der Waals surface area contributed by atoms with Crippen molar-refractivity contribution in [1.82, 2.24) is 15.3 Å². The molecular weight excluding hydrogens is 328 g/mol. The molecule has 1 aliphatic rings. The Labute approximate surface area is 152 Å². The number of nitrogens with zero attached hydrogens (tertiary/aromatic N) is 3. The molecule has 1 N–H and O–H groups in total. The number of aryl methyl sites for hydroxylation is 1. The van der Waals surface area contributed by atoms with E-state index in [9.17, 15) is 9.59 Å².